The van der Waals surface area contributed by atoms with Gasteiger partial charge < -0.3 is 23.7 Å². The van der Waals surface area contributed by atoms with Crippen molar-refractivity contribution in [2.24, 2.45) is 17.8 Å². The fourth-order valence-corrected chi connectivity index (χ4v) is 5.48. The number of amides is 3. The Kier molecular flexibility index (Phi) is 7.35. The van der Waals surface area contributed by atoms with Crippen LogP contribution in [0.5, 0.6) is 0 Å². The molecule has 4 rings (SSSR count). The smallest absolute Gasteiger partial charge is 0.423 e. The molecule has 0 unspecified atom stereocenters. The van der Waals surface area contributed by atoms with Crippen LogP contribution in [-0.2, 0) is 30.4 Å². The highest BCUT2D eigenvalue weighted by Crippen LogP contribution is 2.50. The van der Waals surface area contributed by atoms with Crippen molar-refractivity contribution in [3.63, 3.8) is 0 Å². The zero-order valence-electron chi connectivity index (χ0n) is 19.7. The van der Waals surface area contributed by atoms with Crippen LogP contribution in [0.2, 0.25) is 0 Å². The molecule has 1 aliphatic carbocycles. The molecule has 4 atom stereocenters. The van der Waals surface area contributed by atoms with Crippen molar-refractivity contribution in [1.82, 2.24) is 4.90 Å². The molecule has 1 aromatic heterocycles. The van der Waals surface area contributed by atoms with Crippen molar-refractivity contribution in [1.29, 1.82) is 0 Å². The minimum absolute atomic E-state index is 0.139. The molecule has 9 heteroatoms. The Morgan fingerprint density at radius 1 is 1.24 bits per heavy atom. The lowest BCUT2D eigenvalue weighted by atomic mass is 9.69. The van der Waals surface area contributed by atoms with E-state index < -0.39 is 29.7 Å². The zero-order valence-corrected chi connectivity index (χ0v) is 19.7. The van der Waals surface area contributed by atoms with Gasteiger partial charge >= 0.3 is 6.09 Å². The number of aliphatic hydroxyl groups excluding tert-OH is 1. The van der Waals surface area contributed by atoms with E-state index in [9.17, 15) is 19.5 Å². The van der Waals surface area contributed by atoms with Gasteiger partial charge in [-0.3, -0.25) is 9.59 Å². The van der Waals surface area contributed by atoms with Gasteiger partial charge in [0.15, 0.2) is 0 Å². The summed E-state index contributed by atoms with van der Waals surface area (Å²) in [7, 11) is 2.76. The number of furan rings is 1. The minimum atomic E-state index is -0.935. The highest BCUT2D eigenvalue weighted by molar-refractivity contribution is 6.16. The quantitative estimate of drug-likeness (QED) is 0.452. The first-order valence-electron chi connectivity index (χ1n) is 11.6. The Hall–Kier alpha value is -2.75. The van der Waals surface area contributed by atoms with Crippen molar-refractivity contribution < 1.29 is 38.1 Å². The zero-order chi connectivity index (χ0) is 24.4. The van der Waals surface area contributed by atoms with E-state index in [0.29, 0.717) is 42.5 Å². The molecule has 0 spiro atoms. The fraction of sp³-hybridized carbons (Fsp3) is 0.560. The van der Waals surface area contributed by atoms with Crippen LogP contribution >= 0.6 is 0 Å². The second-order valence-corrected chi connectivity index (χ2v) is 8.90. The Bertz CT molecular complexity index is 1020. The third-order valence-electron chi connectivity index (χ3n) is 7.05. The third kappa shape index (κ3) is 4.35. The van der Waals surface area contributed by atoms with Crippen LogP contribution < -0.4 is 0 Å². The predicted octanol–water partition coefficient (Wildman–Crippen LogP) is 3.07. The number of hydrogen-bond donors (Lipinski definition) is 1. The normalized spacial score (nSPS) is 26.8. The van der Waals surface area contributed by atoms with E-state index in [-0.39, 0.29) is 18.6 Å². The second kappa shape index (κ2) is 10.2. The van der Waals surface area contributed by atoms with Crippen LogP contribution in [0.15, 0.2) is 33.3 Å². The minimum Gasteiger partial charge on any atom is -0.459 e. The third-order valence-corrected chi connectivity index (χ3v) is 7.05. The Balaban J connectivity index is 1.55. The van der Waals surface area contributed by atoms with Gasteiger partial charge in [-0.2, -0.15) is 4.90 Å². The van der Waals surface area contributed by atoms with Gasteiger partial charge in [0.2, 0.25) is 11.8 Å². The average molecular weight is 474 g/mol. The number of methoxy groups -OCH3 is 2. The number of aliphatic hydroxyl groups is 1. The van der Waals surface area contributed by atoms with Crippen LogP contribution in [0.4, 0.5) is 4.79 Å². The first kappa shape index (κ1) is 24.4. The summed E-state index contributed by atoms with van der Waals surface area (Å²) in [4.78, 5) is 38.7. The first-order chi connectivity index (χ1) is 16.4. The van der Waals surface area contributed by atoms with Crippen LogP contribution in [0.25, 0.3) is 6.08 Å². The number of nitrogens with zero attached hydrogens (tertiary/aromatic N) is 1. The van der Waals surface area contributed by atoms with Crippen molar-refractivity contribution in [3.8, 4) is 0 Å². The van der Waals surface area contributed by atoms with E-state index in [1.807, 2.05) is 12.1 Å². The van der Waals surface area contributed by atoms with Crippen molar-refractivity contribution in [2.75, 3.05) is 27.4 Å². The molecule has 3 amide bonds. The number of carbonyl (C=O) groups is 3. The lowest BCUT2D eigenvalue weighted by Crippen LogP contribution is -2.38. The number of allylic oxidation sites excluding steroid dienone is 1. The number of rotatable bonds is 8. The average Bonchev–Trinajstić information content (AvgIpc) is 3.53. The molecular weight excluding hydrogens is 442 g/mol. The molecule has 0 aromatic carbocycles. The molecule has 0 radical (unpaired) electrons. The molecule has 184 valence electrons. The van der Waals surface area contributed by atoms with Crippen LogP contribution in [0.3, 0.4) is 0 Å². The fourth-order valence-electron chi connectivity index (χ4n) is 5.48. The maximum atomic E-state index is 13.1. The van der Waals surface area contributed by atoms with Crippen LogP contribution in [-0.4, -0.2) is 61.5 Å². The molecule has 0 saturated carbocycles. The largest absolute Gasteiger partial charge is 0.459 e. The lowest BCUT2D eigenvalue weighted by molar-refractivity contribution is -0.137. The van der Waals surface area contributed by atoms with Crippen molar-refractivity contribution in [3.05, 3.63) is 40.4 Å². The SMILES string of the molecule is CC/C(=C\c1ccc(CO)o1)CC[C@H]1OC[C@H]2C1=C(COC)C[C@H]1C(=O)N(C(=O)OC)C(=O)[C@H]12. The predicted molar refractivity (Wildman–Crippen MR) is 120 cm³/mol. The van der Waals surface area contributed by atoms with E-state index in [0.717, 1.165) is 31.1 Å². The summed E-state index contributed by atoms with van der Waals surface area (Å²) in [5.41, 5.74) is 3.19. The van der Waals surface area contributed by atoms with E-state index >= 15 is 0 Å². The Labute approximate surface area is 198 Å². The lowest BCUT2D eigenvalue weighted by Gasteiger charge is -2.31. The van der Waals surface area contributed by atoms with Gasteiger partial charge in [0.05, 0.1) is 38.3 Å². The monoisotopic (exact) mass is 473 g/mol. The Morgan fingerprint density at radius 2 is 2.03 bits per heavy atom. The summed E-state index contributed by atoms with van der Waals surface area (Å²) in [6, 6.07) is 3.58. The summed E-state index contributed by atoms with van der Waals surface area (Å²) in [6.45, 7) is 2.61. The van der Waals surface area contributed by atoms with Gasteiger partial charge in [-0.15, -0.1) is 0 Å². The molecule has 1 aromatic rings. The van der Waals surface area contributed by atoms with Gasteiger partial charge in [-0.25, -0.2) is 4.79 Å². The van der Waals surface area contributed by atoms with E-state index in [1.165, 1.54) is 5.57 Å². The topological polar surface area (TPSA) is 116 Å². The molecule has 3 aliphatic rings. The molecule has 9 nitrogen and oxygen atoms in total. The first-order valence-corrected chi connectivity index (χ1v) is 11.6. The molecule has 2 saturated heterocycles. The summed E-state index contributed by atoms with van der Waals surface area (Å²) in [5.74, 6) is -1.26. The maximum Gasteiger partial charge on any atom is 0.423 e. The number of carbonyl (C=O) groups excluding carboxylic acids is 3. The van der Waals surface area contributed by atoms with Gasteiger partial charge in [0.1, 0.15) is 18.1 Å². The van der Waals surface area contributed by atoms with E-state index in [2.05, 4.69) is 11.7 Å². The summed E-state index contributed by atoms with van der Waals surface area (Å²) in [5, 5.41) is 9.21. The van der Waals surface area contributed by atoms with E-state index in [1.54, 1.807) is 13.2 Å². The van der Waals surface area contributed by atoms with Crippen LogP contribution in [0.1, 0.15) is 44.1 Å². The summed E-state index contributed by atoms with van der Waals surface area (Å²) in [6.07, 6.45) is 3.55. The molecular formula is C25H31NO8. The number of ether oxygens (including phenoxy) is 3. The number of fused-ring (bicyclic) bond motifs is 3. The van der Waals surface area contributed by atoms with Gasteiger partial charge in [-0.05, 0) is 55.0 Å². The summed E-state index contributed by atoms with van der Waals surface area (Å²) >= 11 is 0. The van der Waals surface area contributed by atoms with Crippen molar-refractivity contribution >= 4 is 24.0 Å². The molecule has 0 bridgehead atoms. The van der Waals surface area contributed by atoms with Gasteiger partial charge in [0, 0.05) is 13.0 Å². The molecule has 1 N–H and O–H groups in total. The molecule has 3 heterocycles. The summed E-state index contributed by atoms with van der Waals surface area (Å²) < 4.78 is 21.8. The van der Waals surface area contributed by atoms with Crippen molar-refractivity contribution in [2.45, 2.75) is 45.3 Å². The highest BCUT2D eigenvalue weighted by atomic mass is 16.5. The van der Waals surface area contributed by atoms with Gasteiger partial charge in [0.25, 0.3) is 0 Å². The number of likely N-dealkylation sites (tertiary alicyclic amines) is 1. The number of imide groups is 3. The number of hydrogen-bond acceptors (Lipinski definition) is 8. The Morgan fingerprint density at radius 3 is 2.68 bits per heavy atom. The highest BCUT2D eigenvalue weighted by Gasteiger charge is 2.58. The maximum absolute atomic E-state index is 13.1. The second-order valence-electron chi connectivity index (χ2n) is 8.90. The van der Waals surface area contributed by atoms with Crippen LogP contribution in [0, 0.1) is 17.8 Å². The molecule has 2 fully saturated rings. The molecule has 34 heavy (non-hydrogen) atoms. The van der Waals surface area contributed by atoms with E-state index in [4.69, 9.17) is 13.9 Å². The van der Waals surface area contributed by atoms with Gasteiger partial charge in [-0.1, -0.05) is 12.5 Å². The standard InChI is InChI=1S/C25H31NO8/c1-4-14(9-16-6-7-17(11-27)34-16)5-8-20-21-15(12-31-2)10-18-22(19(21)13-33-20)24(29)26(23(18)28)25(30)32-3/h6-7,9,18-20,22,27H,4-5,8,10-13H2,1-3H3/b14-9+/t18-,19+,20-,22-/m1/s1. The molecule has 2 aliphatic heterocycles.